The number of aliphatic imine (C=N–C) groups is 1. The van der Waals surface area contributed by atoms with Crippen molar-refractivity contribution in [2.45, 2.75) is 6.92 Å². The Morgan fingerprint density at radius 2 is 1.61 bits per heavy atom. The van der Waals surface area contributed by atoms with Crippen LogP contribution < -0.4 is 18.9 Å². The number of methoxy groups -OCH3 is 4. The summed E-state index contributed by atoms with van der Waals surface area (Å²) in [5, 5.41) is 11.2. The molecule has 8 nitrogen and oxygen atoms in total. The van der Waals surface area contributed by atoms with Gasteiger partial charge in [0.05, 0.1) is 45.6 Å². The van der Waals surface area contributed by atoms with E-state index in [0.29, 0.717) is 44.2 Å². The van der Waals surface area contributed by atoms with Crippen LogP contribution in [-0.2, 0) is 9.53 Å². The summed E-state index contributed by atoms with van der Waals surface area (Å²) in [5.74, 6) is 1.31. The van der Waals surface area contributed by atoms with Crippen LogP contribution in [0.3, 0.4) is 0 Å². The Kier molecular flexibility index (Phi) is 7.89. The van der Waals surface area contributed by atoms with Crippen LogP contribution in [0, 0.1) is 0 Å². The zero-order valence-corrected chi connectivity index (χ0v) is 19.8. The lowest BCUT2D eigenvalue weighted by molar-refractivity contribution is -0.138. The molecule has 1 N–H and O–H groups in total. The fraction of sp³-hybridized carbons (Fsp3) is 0.250. The number of hydrogen-bond donors (Lipinski definition) is 1. The molecule has 0 radical (unpaired) electrons. The highest BCUT2D eigenvalue weighted by Gasteiger charge is 2.33. The minimum absolute atomic E-state index is 0.00311. The second-order valence-electron chi connectivity index (χ2n) is 6.62. The predicted molar refractivity (Wildman–Crippen MR) is 128 cm³/mol. The van der Waals surface area contributed by atoms with Gasteiger partial charge in [-0.15, -0.1) is 0 Å². The first kappa shape index (κ1) is 24.1. The van der Waals surface area contributed by atoms with Crippen LogP contribution in [0.15, 0.2) is 57.6 Å². The maximum Gasteiger partial charge on any atom is 0.344 e. The summed E-state index contributed by atoms with van der Waals surface area (Å²) in [6.07, 6.45) is 1.69. The summed E-state index contributed by atoms with van der Waals surface area (Å²) in [7, 11) is 6.17. The molecule has 0 aromatic heterocycles. The van der Waals surface area contributed by atoms with E-state index in [0.717, 1.165) is 11.8 Å². The van der Waals surface area contributed by atoms with Crippen LogP contribution in [-0.4, -0.2) is 51.2 Å². The summed E-state index contributed by atoms with van der Waals surface area (Å²) in [6, 6.07) is 10.4. The molecule has 0 bridgehead atoms. The zero-order valence-electron chi connectivity index (χ0n) is 19.0. The van der Waals surface area contributed by atoms with E-state index in [2.05, 4.69) is 4.99 Å². The maximum atomic E-state index is 12.6. The van der Waals surface area contributed by atoms with Crippen LogP contribution in [0.5, 0.6) is 23.0 Å². The number of carbonyl (C=O) groups excluding carboxylic acids is 1. The van der Waals surface area contributed by atoms with E-state index < -0.39 is 5.97 Å². The summed E-state index contributed by atoms with van der Waals surface area (Å²) in [6.45, 7) is 1.86. The first-order valence-electron chi connectivity index (χ1n) is 9.99. The molecule has 0 spiro atoms. The number of nitrogens with zero attached hydrogens (tertiary/aromatic N) is 1. The van der Waals surface area contributed by atoms with Crippen molar-refractivity contribution in [3.05, 3.63) is 58.2 Å². The quantitative estimate of drug-likeness (QED) is 0.543. The second-order valence-corrected chi connectivity index (χ2v) is 7.65. The average molecular weight is 472 g/mol. The van der Waals surface area contributed by atoms with Gasteiger partial charge >= 0.3 is 5.97 Å². The monoisotopic (exact) mass is 471 g/mol. The molecule has 1 heterocycles. The molecule has 0 aliphatic carbocycles. The Hall–Kier alpha value is -3.59. The lowest BCUT2D eigenvalue weighted by atomic mass is 10.1. The molecule has 0 atom stereocenters. The van der Waals surface area contributed by atoms with Crippen LogP contribution in [0.1, 0.15) is 12.5 Å². The normalized spacial score (nSPS) is 15.7. The molecular formula is C24H25NO7S. The molecule has 1 aliphatic heterocycles. The highest BCUT2D eigenvalue weighted by molar-refractivity contribution is 8.18. The van der Waals surface area contributed by atoms with Gasteiger partial charge in [-0.3, -0.25) is 0 Å². The van der Waals surface area contributed by atoms with Gasteiger partial charge in [-0.05, 0) is 43.3 Å². The van der Waals surface area contributed by atoms with E-state index in [-0.39, 0.29) is 17.9 Å². The molecule has 3 rings (SSSR count). The third-order valence-electron chi connectivity index (χ3n) is 4.70. The lowest BCUT2D eigenvalue weighted by Gasteiger charge is -2.12. The van der Waals surface area contributed by atoms with E-state index in [4.69, 9.17) is 23.7 Å². The molecule has 9 heteroatoms. The molecule has 2 aromatic carbocycles. The molecule has 2 aromatic rings. The number of ether oxygens (including phenoxy) is 5. The highest BCUT2D eigenvalue weighted by Crippen LogP contribution is 2.43. The number of aliphatic hydroxyl groups is 1. The smallest absolute Gasteiger partial charge is 0.344 e. The van der Waals surface area contributed by atoms with Crippen molar-refractivity contribution in [3.8, 4) is 23.0 Å². The molecular weight excluding hydrogens is 446 g/mol. The Morgan fingerprint density at radius 3 is 2.18 bits per heavy atom. The number of aliphatic hydroxyl groups excluding tert-OH is 1. The first-order valence-corrected chi connectivity index (χ1v) is 10.8. The molecule has 0 saturated carbocycles. The number of thioether (sulfide) groups is 1. The Balaban J connectivity index is 2.09. The minimum Gasteiger partial charge on any atom is -0.506 e. The third-order valence-corrected chi connectivity index (χ3v) is 5.72. The summed E-state index contributed by atoms with van der Waals surface area (Å²) < 4.78 is 26.5. The van der Waals surface area contributed by atoms with Crippen LogP contribution in [0.25, 0.3) is 6.08 Å². The van der Waals surface area contributed by atoms with E-state index in [1.807, 2.05) is 0 Å². The van der Waals surface area contributed by atoms with Gasteiger partial charge in [0.1, 0.15) is 27.9 Å². The molecule has 1 aliphatic rings. The molecule has 0 unspecified atom stereocenters. The summed E-state index contributed by atoms with van der Waals surface area (Å²) in [4.78, 5) is 17.6. The van der Waals surface area contributed by atoms with E-state index >= 15 is 0 Å². The van der Waals surface area contributed by atoms with Gasteiger partial charge in [0.2, 0.25) is 0 Å². The van der Waals surface area contributed by atoms with Crippen molar-refractivity contribution in [3.63, 3.8) is 0 Å². The van der Waals surface area contributed by atoms with Crippen molar-refractivity contribution in [2.24, 2.45) is 4.99 Å². The van der Waals surface area contributed by atoms with Gasteiger partial charge in [0.25, 0.3) is 0 Å². The Bertz CT molecular complexity index is 1120. The summed E-state index contributed by atoms with van der Waals surface area (Å²) >= 11 is 1.15. The Morgan fingerprint density at radius 1 is 0.970 bits per heavy atom. The third kappa shape index (κ3) is 5.25. The van der Waals surface area contributed by atoms with Crippen LogP contribution in [0.4, 0.5) is 5.69 Å². The van der Waals surface area contributed by atoms with Crippen molar-refractivity contribution in [1.82, 2.24) is 0 Å². The fourth-order valence-corrected chi connectivity index (χ4v) is 4.10. The topological polar surface area (TPSA) is 95.8 Å². The number of carbonyl (C=O) groups is 1. The number of esters is 1. The molecule has 174 valence electrons. The molecule has 0 saturated heterocycles. The SMILES string of the molecule is CCOC(=O)C1=C(O)/C(=C/c2cc(OC)c(OC)cc2OC)SC1=Nc1ccc(OC)cc1. The zero-order chi connectivity index (χ0) is 24.0. The van der Waals surface area contributed by atoms with Gasteiger partial charge in [0.15, 0.2) is 11.5 Å². The molecule has 33 heavy (non-hydrogen) atoms. The lowest BCUT2D eigenvalue weighted by Crippen LogP contribution is -2.12. The van der Waals surface area contributed by atoms with Crippen molar-refractivity contribution < 1.29 is 33.6 Å². The van der Waals surface area contributed by atoms with Crippen molar-refractivity contribution >= 4 is 34.5 Å². The van der Waals surface area contributed by atoms with Gasteiger partial charge < -0.3 is 28.8 Å². The van der Waals surface area contributed by atoms with E-state index in [1.54, 1.807) is 56.5 Å². The standard InChI is InChI=1S/C24H25NO7S/c1-6-32-24(27)21-22(26)20(33-23(21)25-15-7-9-16(28-2)10-8-15)12-14-11-18(30-4)19(31-5)13-17(14)29-3/h7-13,26H,6H2,1-5H3/b20-12-,25-23?. The minimum atomic E-state index is -0.655. The van der Waals surface area contributed by atoms with Gasteiger partial charge in [0, 0.05) is 11.6 Å². The number of benzene rings is 2. The van der Waals surface area contributed by atoms with Crippen LogP contribution in [0.2, 0.25) is 0 Å². The number of hydrogen-bond acceptors (Lipinski definition) is 9. The first-order chi connectivity index (χ1) is 15.9. The largest absolute Gasteiger partial charge is 0.506 e. The van der Waals surface area contributed by atoms with E-state index in [9.17, 15) is 9.90 Å². The molecule has 0 amide bonds. The Labute approximate surface area is 196 Å². The van der Waals surface area contributed by atoms with Crippen molar-refractivity contribution in [2.75, 3.05) is 35.0 Å². The predicted octanol–water partition coefficient (Wildman–Crippen LogP) is 4.91. The van der Waals surface area contributed by atoms with Crippen molar-refractivity contribution in [1.29, 1.82) is 0 Å². The van der Waals surface area contributed by atoms with Gasteiger partial charge in [-0.2, -0.15) is 0 Å². The second kappa shape index (κ2) is 10.8. The van der Waals surface area contributed by atoms with Gasteiger partial charge in [-0.1, -0.05) is 11.8 Å². The average Bonchev–Trinajstić information content (AvgIpc) is 3.13. The van der Waals surface area contributed by atoms with Gasteiger partial charge in [-0.25, -0.2) is 9.79 Å². The molecule has 0 fully saturated rings. The summed E-state index contributed by atoms with van der Waals surface area (Å²) in [5.41, 5.74) is 1.22. The number of rotatable bonds is 8. The maximum absolute atomic E-state index is 12.6. The van der Waals surface area contributed by atoms with E-state index in [1.165, 1.54) is 21.3 Å². The fourth-order valence-electron chi connectivity index (χ4n) is 3.07. The highest BCUT2D eigenvalue weighted by atomic mass is 32.2. The van der Waals surface area contributed by atoms with Crippen LogP contribution >= 0.6 is 11.8 Å².